The molecule has 7 heteroatoms. The Morgan fingerprint density at radius 1 is 1.16 bits per heavy atom. The van der Waals surface area contributed by atoms with Gasteiger partial charge in [0.15, 0.2) is 0 Å². The Hall–Kier alpha value is -2.74. The zero-order chi connectivity index (χ0) is 21.9. The van der Waals surface area contributed by atoms with Gasteiger partial charge in [-0.2, -0.15) is 0 Å². The van der Waals surface area contributed by atoms with Gasteiger partial charge in [0.2, 0.25) is 5.91 Å². The van der Waals surface area contributed by atoms with E-state index in [1.54, 1.807) is 23.1 Å². The number of nitrogens with one attached hydrogen (secondary N) is 1. The quantitative estimate of drug-likeness (QED) is 0.419. The third-order valence-electron chi connectivity index (χ3n) is 5.58. The molecule has 1 fully saturated rings. The maximum atomic E-state index is 13.4. The SMILES string of the molecule is Cc1nc2cc(NC(=O)[C@@H]3C[C@@H](Sc4ccccn4)CN3Cc3ccccc3)ccc2s1. The van der Waals surface area contributed by atoms with Crippen LogP contribution in [0.2, 0.25) is 0 Å². The van der Waals surface area contributed by atoms with Crippen LogP contribution < -0.4 is 5.32 Å². The molecular weight excluding hydrogens is 436 g/mol. The fourth-order valence-electron chi connectivity index (χ4n) is 4.15. The third-order valence-corrected chi connectivity index (χ3v) is 7.69. The Morgan fingerprint density at radius 3 is 2.81 bits per heavy atom. The number of likely N-dealkylation sites (tertiary alicyclic amines) is 1. The predicted molar refractivity (Wildman–Crippen MR) is 132 cm³/mol. The number of rotatable bonds is 6. The van der Waals surface area contributed by atoms with Crippen LogP contribution in [0.15, 0.2) is 78.0 Å². The van der Waals surface area contributed by atoms with Gasteiger partial charge in [0.25, 0.3) is 0 Å². The highest BCUT2D eigenvalue weighted by Crippen LogP contribution is 2.33. The van der Waals surface area contributed by atoms with Gasteiger partial charge in [-0.15, -0.1) is 23.1 Å². The van der Waals surface area contributed by atoms with Gasteiger partial charge in [0.05, 0.1) is 26.3 Å². The molecule has 1 saturated heterocycles. The topological polar surface area (TPSA) is 58.1 Å². The number of anilines is 1. The van der Waals surface area contributed by atoms with Crippen molar-refractivity contribution < 1.29 is 4.79 Å². The molecule has 0 saturated carbocycles. The van der Waals surface area contributed by atoms with Crippen LogP contribution in [0.5, 0.6) is 0 Å². The number of carbonyl (C=O) groups excluding carboxylic acids is 1. The number of hydrogen-bond donors (Lipinski definition) is 1. The average molecular weight is 461 g/mol. The maximum absolute atomic E-state index is 13.4. The Morgan fingerprint density at radius 2 is 2.00 bits per heavy atom. The van der Waals surface area contributed by atoms with Gasteiger partial charge < -0.3 is 5.32 Å². The highest BCUT2D eigenvalue weighted by Gasteiger charge is 2.37. The minimum atomic E-state index is -0.190. The number of aryl methyl sites for hydroxylation is 1. The van der Waals surface area contributed by atoms with Crippen molar-refractivity contribution in [1.82, 2.24) is 14.9 Å². The summed E-state index contributed by atoms with van der Waals surface area (Å²) in [4.78, 5) is 24.7. The Balaban J connectivity index is 1.34. The first kappa shape index (κ1) is 21.1. The molecule has 1 aliphatic rings. The number of aromatic nitrogens is 2. The first-order valence-corrected chi connectivity index (χ1v) is 12.4. The average Bonchev–Trinajstić information content (AvgIpc) is 3.37. The molecule has 0 unspecified atom stereocenters. The monoisotopic (exact) mass is 460 g/mol. The largest absolute Gasteiger partial charge is 0.325 e. The number of fused-ring (bicyclic) bond motifs is 1. The van der Waals surface area contributed by atoms with Crippen molar-refractivity contribution in [3.63, 3.8) is 0 Å². The fourth-order valence-corrected chi connectivity index (χ4v) is 6.12. The molecule has 5 nitrogen and oxygen atoms in total. The van der Waals surface area contributed by atoms with E-state index >= 15 is 0 Å². The summed E-state index contributed by atoms with van der Waals surface area (Å²) in [6, 6.07) is 22.1. The highest BCUT2D eigenvalue weighted by molar-refractivity contribution is 7.99. The van der Waals surface area contributed by atoms with Crippen molar-refractivity contribution in [3.05, 3.63) is 83.5 Å². The summed E-state index contributed by atoms with van der Waals surface area (Å²) < 4.78 is 1.14. The molecule has 0 radical (unpaired) electrons. The molecule has 2 aromatic heterocycles. The van der Waals surface area contributed by atoms with E-state index in [1.807, 2.05) is 67.7 Å². The summed E-state index contributed by atoms with van der Waals surface area (Å²) in [5, 5.41) is 5.49. The number of nitrogens with zero attached hydrogens (tertiary/aromatic N) is 3. The van der Waals surface area contributed by atoms with E-state index in [0.29, 0.717) is 5.25 Å². The van der Waals surface area contributed by atoms with E-state index in [4.69, 9.17) is 0 Å². The maximum Gasteiger partial charge on any atom is 0.241 e. The number of thioether (sulfide) groups is 1. The van der Waals surface area contributed by atoms with Gasteiger partial charge in [-0.25, -0.2) is 9.97 Å². The van der Waals surface area contributed by atoms with Crippen molar-refractivity contribution in [2.24, 2.45) is 0 Å². The van der Waals surface area contributed by atoms with Gasteiger partial charge in [-0.05, 0) is 49.2 Å². The number of carbonyl (C=O) groups is 1. The van der Waals surface area contributed by atoms with Crippen molar-refractivity contribution in [1.29, 1.82) is 0 Å². The zero-order valence-electron chi connectivity index (χ0n) is 17.8. The highest BCUT2D eigenvalue weighted by atomic mass is 32.2. The van der Waals surface area contributed by atoms with Crippen LogP contribution in [0.1, 0.15) is 17.0 Å². The molecule has 1 aliphatic heterocycles. The van der Waals surface area contributed by atoms with E-state index < -0.39 is 0 Å². The number of pyridine rings is 1. The first-order valence-electron chi connectivity index (χ1n) is 10.7. The lowest BCUT2D eigenvalue weighted by molar-refractivity contribution is -0.120. The smallest absolute Gasteiger partial charge is 0.241 e. The van der Waals surface area contributed by atoms with E-state index in [2.05, 4.69) is 32.3 Å². The fraction of sp³-hybridized carbons (Fsp3) is 0.240. The molecule has 4 aromatic rings. The van der Waals surface area contributed by atoms with Crippen molar-refractivity contribution in [3.8, 4) is 0 Å². The molecule has 1 N–H and O–H groups in total. The van der Waals surface area contributed by atoms with Gasteiger partial charge >= 0.3 is 0 Å². The zero-order valence-corrected chi connectivity index (χ0v) is 19.4. The van der Waals surface area contributed by atoms with Crippen LogP contribution in [-0.2, 0) is 11.3 Å². The lowest BCUT2D eigenvalue weighted by atomic mass is 10.1. The van der Waals surface area contributed by atoms with Crippen LogP contribution >= 0.6 is 23.1 Å². The summed E-state index contributed by atoms with van der Waals surface area (Å²) >= 11 is 3.42. The standard InChI is InChI=1S/C25H24N4OS2/c1-17-27-21-13-19(10-11-23(21)31-17)28-25(30)22-14-20(32-24-9-5-6-12-26-24)16-29(22)15-18-7-3-2-4-8-18/h2-13,20,22H,14-16H2,1H3,(H,28,30)/t20-,22+/m1/s1. The normalized spacial score (nSPS) is 18.8. The molecule has 32 heavy (non-hydrogen) atoms. The molecule has 3 heterocycles. The lowest BCUT2D eigenvalue weighted by Crippen LogP contribution is -2.39. The Bertz CT molecular complexity index is 1210. The van der Waals surface area contributed by atoms with E-state index in [0.717, 1.165) is 45.4 Å². The summed E-state index contributed by atoms with van der Waals surface area (Å²) in [6.07, 6.45) is 2.61. The number of hydrogen-bond acceptors (Lipinski definition) is 6. The second-order valence-corrected chi connectivity index (χ2v) is 10.5. The molecular formula is C25H24N4OS2. The van der Waals surface area contributed by atoms with Crippen LogP contribution in [0.25, 0.3) is 10.2 Å². The summed E-state index contributed by atoms with van der Waals surface area (Å²) in [6.45, 7) is 3.60. The molecule has 0 bridgehead atoms. The van der Waals surface area contributed by atoms with Gasteiger partial charge in [-0.1, -0.05) is 36.4 Å². The molecule has 162 valence electrons. The van der Waals surface area contributed by atoms with E-state index in [9.17, 15) is 4.79 Å². The molecule has 0 spiro atoms. The lowest BCUT2D eigenvalue weighted by Gasteiger charge is -2.23. The molecule has 2 aromatic carbocycles. The van der Waals surface area contributed by atoms with E-state index in [-0.39, 0.29) is 11.9 Å². The van der Waals surface area contributed by atoms with Crippen molar-refractivity contribution in [2.45, 2.75) is 36.2 Å². The third kappa shape index (κ3) is 4.85. The number of benzene rings is 2. The van der Waals surface area contributed by atoms with Gasteiger partial charge in [0.1, 0.15) is 0 Å². The first-order chi connectivity index (χ1) is 15.6. The Kier molecular flexibility index (Phi) is 6.21. The Labute approximate surface area is 195 Å². The number of thiazole rings is 1. The van der Waals surface area contributed by atoms with Crippen LogP contribution in [0.4, 0.5) is 5.69 Å². The summed E-state index contributed by atoms with van der Waals surface area (Å²) in [5.41, 5.74) is 2.95. The van der Waals surface area contributed by atoms with Crippen LogP contribution in [0.3, 0.4) is 0 Å². The minimum Gasteiger partial charge on any atom is -0.325 e. The molecule has 2 atom stereocenters. The van der Waals surface area contributed by atoms with Gasteiger partial charge in [0, 0.05) is 30.2 Å². The van der Waals surface area contributed by atoms with Crippen LogP contribution in [-0.4, -0.2) is 38.6 Å². The summed E-state index contributed by atoms with van der Waals surface area (Å²) in [5.74, 6) is 0.0383. The second-order valence-electron chi connectivity index (χ2n) is 7.98. The van der Waals surface area contributed by atoms with E-state index in [1.165, 1.54) is 5.56 Å². The minimum absolute atomic E-state index is 0.0383. The number of amides is 1. The van der Waals surface area contributed by atoms with Crippen LogP contribution in [0, 0.1) is 6.92 Å². The predicted octanol–water partition coefficient (Wildman–Crippen LogP) is 5.37. The second kappa shape index (κ2) is 9.40. The van der Waals surface area contributed by atoms with Gasteiger partial charge in [-0.3, -0.25) is 9.69 Å². The molecule has 0 aliphatic carbocycles. The van der Waals surface area contributed by atoms with Crippen molar-refractivity contribution in [2.75, 3.05) is 11.9 Å². The van der Waals surface area contributed by atoms with Crippen molar-refractivity contribution >= 4 is 44.9 Å². The summed E-state index contributed by atoms with van der Waals surface area (Å²) in [7, 11) is 0. The molecule has 5 rings (SSSR count). The molecule has 1 amide bonds.